The lowest BCUT2D eigenvalue weighted by molar-refractivity contribution is -0.379. The van der Waals surface area contributed by atoms with Gasteiger partial charge in [-0.15, -0.1) is 0 Å². The van der Waals surface area contributed by atoms with Gasteiger partial charge in [0, 0.05) is 6.42 Å². The van der Waals surface area contributed by atoms with E-state index in [1.807, 2.05) is 0 Å². The zero-order valence-corrected chi connectivity index (χ0v) is 59.0. The fourth-order valence-corrected chi connectivity index (χ4v) is 13.3. The molecular formula is C75H141NO18. The molecule has 0 radical (unpaired) electrons. The van der Waals surface area contributed by atoms with Crippen LogP contribution in [0.1, 0.15) is 316 Å². The average molecular weight is 1340 g/mol. The molecule has 1 amide bonds. The Balaban J connectivity index is 1.28. The number of hydrogen-bond donors (Lipinski definition) is 12. The van der Waals surface area contributed by atoms with Crippen LogP contribution in [0.15, 0.2) is 24.3 Å². The van der Waals surface area contributed by atoms with E-state index in [0.717, 1.165) is 51.4 Å². The van der Waals surface area contributed by atoms with Gasteiger partial charge in [0.15, 0.2) is 18.9 Å². The van der Waals surface area contributed by atoms with Gasteiger partial charge in [0.1, 0.15) is 73.2 Å². The van der Waals surface area contributed by atoms with Crippen molar-refractivity contribution in [1.29, 1.82) is 0 Å². The second kappa shape index (κ2) is 57.0. The number of ether oxygens (including phenoxy) is 6. The number of hydrogen-bond acceptors (Lipinski definition) is 18. The SMILES string of the molecule is CCCCCCC/C=C\C/C=C\CCCCCCCCCCCCCCCCCCCCCCCCCCCC(=O)NC(COC1OC(CO)C(OC2OC(CO)C(OC3OC(CO)C(O)C(O)C3O)C(O)C2O)C(O)C1O)C(O)CCCCCCCCCCCCCC. The molecule has 3 aliphatic rings. The van der Waals surface area contributed by atoms with E-state index in [1.165, 1.54) is 231 Å². The summed E-state index contributed by atoms with van der Waals surface area (Å²) in [6.07, 6.45) is 40.2. The molecule has 19 heteroatoms. The molecule has 0 saturated carbocycles. The summed E-state index contributed by atoms with van der Waals surface area (Å²) in [5.74, 6) is -0.238. The van der Waals surface area contributed by atoms with Crippen molar-refractivity contribution in [2.75, 3.05) is 26.4 Å². The Hall–Kier alpha value is -1.73. The molecule has 0 aliphatic carbocycles. The summed E-state index contributed by atoms with van der Waals surface area (Å²) in [4.78, 5) is 13.4. The number of allylic oxidation sites excluding steroid dienone is 4. The Morgan fingerprint density at radius 1 is 0.383 bits per heavy atom. The second-order valence-corrected chi connectivity index (χ2v) is 27.8. The highest BCUT2D eigenvalue weighted by molar-refractivity contribution is 5.76. The van der Waals surface area contributed by atoms with Gasteiger partial charge in [-0.3, -0.25) is 4.79 Å². The Kier molecular flexibility index (Phi) is 52.4. The van der Waals surface area contributed by atoms with Crippen molar-refractivity contribution >= 4 is 5.91 Å². The van der Waals surface area contributed by atoms with E-state index in [-0.39, 0.29) is 18.9 Å². The lowest BCUT2D eigenvalue weighted by Gasteiger charge is -2.48. The van der Waals surface area contributed by atoms with Crippen LogP contribution in [-0.2, 0) is 33.2 Å². The van der Waals surface area contributed by atoms with Crippen molar-refractivity contribution in [3.63, 3.8) is 0 Å². The molecule has 17 atom stereocenters. The Morgan fingerprint density at radius 3 is 1.09 bits per heavy atom. The third kappa shape index (κ3) is 37.6. The number of carbonyl (C=O) groups is 1. The normalized spacial score (nSPS) is 27.4. The van der Waals surface area contributed by atoms with E-state index in [1.54, 1.807) is 0 Å². The van der Waals surface area contributed by atoms with E-state index < -0.39 is 124 Å². The maximum absolute atomic E-state index is 13.4. The molecule has 0 aromatic heterocycles. The second-order valence-electron chi connectivity index (χ2n) is 27.8. The van der Waals surface area contributed by atoms with Crippen LogP contribution in [0.4, 0.5) is 0 Å². The van der Waals surface area contributed by atoms with Gasteiger partial charge in [0.2, 0.25) is 5.91 Å². The van der Waals surface area contributed by atoms with Crippen molar-refractivity contribution < 1.29 is 89.4 Å². The largest absolute Gasteiger partial charge is 0.394 e. The lowest BCUT2D eigenvalue weighted by Crippen LogP contribution is -2.66. The predicted octanol–water partition coefficient (Wildman–Crippen LogP) is 11.8. The molecule has 554 valence electrons. The predicted molar refractivity (Wildman–Crippen MR) is 370 cm³/mol. The van der Waals surface area contributed by atoms with Crippen LogP contribution < -0.4 is 5.32 Å². The molecule has 17 unspecified atom stereocenters. The number of carbonyl (C=O) groups excluding carboxylic acids is 1. The van der Waals surface area contributed by atoms with Crippen molar-refractivity contribution in [3.05, 3.63) is 24.3 Å². The van der Waals surface area contributed by atoms with Crippen LogP contribution in [0.3, 0.4) is 0 Å². The van der Waals surface area contributed by atoms with Gasteiger partial charge in [0.05, 0.1) is 38.6 Å². The van der Waals surface area contributed by atoms with Crippen molar-refractivity contribution in [3.8, 4) is 0 Å². The van der Waals surface area contributed by atoms with E-state index >= 15 is 0 Å². The van der Waals surface area contributed by atoms with Gasteiger partial charge in [-0.25, -0.2) is 0 Å². The molecule has 0 aromatic carbocycles. The Bertz CT molecular complexity index is 1800. The summed E-state index contributed by atoms with van der Waals surface area (Å²) in [6, 6.07) is -0.883. The van der Waals surface area contributed by atoms with E-state index in [9.17, 15) is 61.0 Å². The van der Waals surface area contributed by atoms with E-state index in [4.69, 9.17) is 28.4 Å². The van der Waals surface area contributed by atoms with E-state index in [2.05, 4.69) is 43.5 Å². The zero-order chi connectivity index (χ0) is 68.2. The highest BCUT2D eigenvalue weighted by Crippen LogP contribution is 2.33. The van der Waals surface area contributed by atoms with Crippen molar-refractivity contribution in [2.45, 2.75) is 420 Å². The zero-order valence-electron chi connectivity index (χ0n) is 59.0. The molecular weight excluding hydrogens is 1200 g/mol. The summed E-state index contributed by atoms with van der Waals surface area (Å²) in [5.41, 5.74) is 0. The van der Waals surface area contributed by atoms with Gasteiger partial charge in [-0.05, 0) is 44.9 Å². The van der Waals surface area contributed by atoms with Gasteiger partial charge >= 0.3 is 0 Å². The van der Waals surface area contributed by atoms with Gasteiger partial charge < -0.3 is 89.9 Å². The third-order valence-electron chi connectivity index (χ3n) is 19.5. The quantitative estimate of drug-likeness (QED) is 0.0199. The molecule has 3 aliphatic heterocycles. The fourth-order valence-electron chi connectivity index (χ4n) is 13.3. The van der Waals surface area contributed by atoms with Crippen LogP contribution >= 0.6 is 0 Å². The monoisotopic (exact) mass is 1340 g/mol. The molecule has 19 nitrogen and oxygen atoms in total. The first-order valence-corrected chi connectivity index (χ1v) is 38.6. The molecule has 12 N–H and O–H groups in total. The van der Waals surface area contributed by atoms with Crippen molar-refractivity contribution in [2.24, 2.45) is 0 Å². The summed E-state index contributed by atoms with van der Waals surface area (Å²) >= 11 is 0. The fraction of sp³-hybridized carbons (Fsp3) is 0.933. The third-order valence-corrected chi connectivity index (χ3v) is 19.5. The molecule has 3 fully saturated rings. The smallest absolute Gasteiger partial charge is 0.220 e. The molecule has 3 rings (SSSR count). The number of rotatable bonds is 61. The van der Waals surface area contributed by atoms with Crippen LogP contribution in [0, 0.1) is 0 Å². The summed E-state index contributed by atoms with van der Waals surface area (Å²) in [7, 11) is 0. The first kappa shape index (κ1) is 86.5. The minimum Gasteiger partial charge on any atom is -0.394 e. The number of nitrogens with one attached hydrogen (secondary N) is 1. The molecule has 0 bridgehead atoms. The van der Waals surface area contributed by atoms with Crippen LogP contribution in [0.2, 0.25) is 0 Å². The summed E-state index contributed by atoms with van der Waals surface area (Å²) < 4.78 is 34.4. The first-order chi connectivity index (χ1) is 45.8. The summed E-state index contributed by atoms with van der Waals surface area (Å²) in [5, 5.41) is 121. The van der Waals surface area contributed by atoms with Crippen LogP contribution in [0.5, 0.6) is 0 Å². The van der Waals surface area contributed by atoms with Crippen LogP contribution in [0.25, 0.3) is 0 Å². The molecule has 0 aromatic rings. The van der Waals surface area contributed by atoms with Gasteiger partial charge in [-0.1, -0.05) is 289 Å². The number of aliphatic hydroxyl groups excluding tert-OH is 11. The maximum Gasteiger partial charge on any atom is 0.220 e. The highest BCUT2D eigenvalue weighted by Gasteiger charge is 2.53. The molecule has 3 heterocycles. The minimum atomic E-state index is -1.97. The van der Waals surface area contributed by atoms with Gasteiger partial charge in [0.25, 0.3) is 0 Å². The Morgan fingerprint density at radius 2 is 0.702 bits per heavy atom. The summed E-state index contributed by atoms with van der Waals surface area (Å²) in [6.45, 7) is 1.81. The number of amides is 1. The highest BCUT2D eigenvalue weighted by atomic mass is 16.8. The lowest BCUT2D eigenvalue weighted by atomic mass is 9.96. The molecule has 3 saturated heterocycles. The number of unbranched alkanes of at least 4 members (excludes halogenated alkanes) is 41. The Labute approximate surface area is 568 Å². The maximum atomic E-state index is 13.4. The van der Waals surface area contributed by atoms with Crippen LogP contribution in [-0.4, -0.2) is 193 Å². The van der Waals surface area contributed by atoms with Crippen molar-refractivity contribution in [1.82, 2.24) is 5.32 Å². The van der Waals surface area contributed by atoms with Gasteiger partial charge in [-0.2, -0.15) is 0 Å². The van der Waals surface area contributed by atoms with E-state index in [0.29, 0.717) is 12.8 Å². The average Bonchev–Trinajstić information content (AvgIpc) is 0.794. The molecule has 0 spiro atoms. The number of aliphatic hydroxyl groups is 11. The minimum absolute atomic E-state index is 0.238. The topological polar surface area (TPSA) is 307 Å². The molecule has 94 heavy (non-hydrogen) atoms. The first-order valence-electron chi connectivity index (χ1n) is 38.6. The standard InChI is InChI=1S/C75H141NO18/c1-3-5-7-9-11-13-15-17-18-19-20-21-22-23-24-25-26-27-28-29-30-31-32-33-34-35-36-37-38-39-40-41-43-45-47-49-51-53-63(81)76-58(59(80)52-50-48-46-44-42-16-14-12-10-8-6-4-2)57-89-73-69(87)66(84)71(61(55-78)91-73)94-75-70(88)67(85)72(62(56-79)92-75)93-74-68(86)65(83)64(82)60(54-77)90-74/h15,17,19-20,58-62,64-75,77-80,82-88H,3-14,16,18,21-57H2,1-2H3,(H,76,81)/b17-15-,20-19-.